The maximum atomic E-state index is 12.9. The average molecular weight is 390 g/mol. The number of sulfone groups is 1. The van der Waals surface area contributed by atoms with Crippen molar-refractivity contribution in [1.29, 1.82) is 0 Å². The van der Waals surface area contributed by atoms with Crippen LogP contribution < -0.4 is 0 Å². The van der Waals surface area contributed by atoms with E-state index in [1.165, 1.54) is 19.3 Å². The van der Waals surface area contributed by atoms with Gasteiger partial charge in [-0.15, -0.1) is 0 Å². The van der Waals surface area contributed by atoms with Gasteiger partial charge >= 0.3 is 0 Å². The van der Waals surface area contributed by atoms with Crippen LogP contribution in [0, 0.1) is 5.92 Å². The summed E-state index contributed by atoms with van der Waals surface area (Å²) >= 11 is 0. The van der Waals surface area contributed by atoms with Crippen LogP contribution in [0.25, 0.3) is 0 Å². The van der Waals surface area contributed by atoms with Gasteiger partial charge in [0.25, 0.3) is 0 Å². The van der Waals surface area contributed by atoms with Gasteiger partial charge in [0.15, 0.2) is 0 Å². The third-order valence-corrected chi connectivity index (χ3v) is 7.21. The first kappa shape index (κ1) is 20.1. The Labute approximate surface area is 163 Å². The number of rotatable bonds is 7. The molecular formula is C21H31N3O2S. The molecule has 6 heteroatoms. The molecule has 5 nitrogen and oxygen atoms in total. The summed E-state index contributed by atoms with van der Waals surface area (Å²) in [5, 5.41) is 0.208. The number of nitrogens with zero attached hydrogens (tertiary/aromatic N) is 3. The first-order valence-electron chi connectivity index (χ1n) is 9.92. The number of imidazole rings is 1. The molecule has 0 aliphatic carbocycles. The quantitative estimate of drug-likeness (QED) is 0.724. The Morgan fingerprint density at radius 1 is 1.15 bits per heavy atom. The molecule has 1 aliphatic rings. The largest absolute Gasteiger partial charge is 0.313 e. The molecule has 3 rings (SSSR count). The average Bonchev–Trinajstić information content (AvgIpc) is 3.00. The fourth-order valence-corrected chi connectivity index (χ4v) is 5.57. The topological polar surface area (TPSA) is 55.2 Å². The fourth-order valence-electron chi connectivity index (χ4n) is 3.82. The van der Waals surface area contributed by atoms with Crippen molar-refractivity contribution >= 4 is 9.84 Å². The number of likely N-dealkylation sites (tertiary alicyclic amines) is 1. The lowest BCUT2D eigenvalue weighted by Gasteiger charge is -2.33. The minimum absolute atomic E-state index is 0.0717. The number of benzene rings is 1. The van der Waals surface area contributed by atoms with E-state index in [9.17, 15) is 8.42 Å². The second-order valence-electron chi connectivity index (χ2n) is 8.09. The summed E-state index contributed by atoms with van der Waals surface area (Å²) in [6.07, 6.45) is 5.44. The monoisotopic (exact) mass is 389 g/mol. The molecule has 1 aromatic carbocycles. The normalized spacial score (nSPS) is 18.9. The molecule has 0 bridgehead atoms. The lowest BCUT2D eigenvalue weighted by molar-refractivity contribution is 0.149. The lowest BCUT2D eigenvalue weighted by atomic mass is 10.0. The van der Waals surface area contributed by atoms with E-state index in [1.807, 2.05) is 48.7 Å². The molecule has 1 aliphatic heterocycles. The van der Waals surface area contributed by atoms with Crippen molar-refractivity contribution in [2.75, 3.05) is 12.3 Å². The van der Waals surface area contributed by atoms with Crippen molar-refractivity contribution < 1.29 is 8.42 Å². The van der Waals surface area contributed by atoms with Gasteiger partial charge in [-0.25, -0.2) is 13.4 Å². The zero-order chi connectivity index (χ0) is 19.4. The van der Waals surface area contributed by atoms with Gasteiger partial charge in [-0.2, -0.15) is 0 Å². The third kappa shape index (κ3) is 4.99. The van der Waals surface area contributed by atoms with Crippen LogP contribution in [-0.4, -0.2) is 41.2 Å². The van der Waals surface area contributed by atoms with Crippen LogP contribution in [-0.2, 0) is 22.9 Å². The highest BCUT2D eigenvalue weighted by Gasteiger charge is 2.26. The van der Waals surface area contributed by atoms with Crippen LogP contribution in [0.3, 0.4) is 0 Å². The van der Waals surface area contributed by atoms with Crippen LogP contribution in [0.2, 0.25) is 0 Å². The number of hydrogen-bond acceptors (Lipinski definition) is 4. The van der Waals surface area contributed by atoms with Gasteiger partial charge in [-0.3, -0.25) is 4.90 Å². The summed E-state index contributed by atoms with van der Waals surface area (Å²) in [6, 6.07) is 10.5. The summed E-state index contributed by atoms with van der Waals surface area (Å²) in [5.74, 6) is 0.195. The van der Waals surface area contributed by atoms with Crippen LogP contribution >= 0.6 is 0 Å². The van der Waals surface area contributed by atoms with Gasteiger partial charge in [-0.05, 0) is 37.8 Å². The number of hydrogen-bond donors (Lipinski definition) is 0. The summed E-state index contributed by atoms with van der Waals surface area (Å²) in [6.45, 7) is 8.46. The second-order valence-corrected chi connectivity index (χ2v) is 10.0. The van der Waals surface area contributed by atoms with Gasteiger partial charge < -0.3 is 4.57 Å². The van der Waals surface area contributed by atoms with Gasteiger partial charge in [0.05, 0.1) is 24.2 Å². The Morgan fingerprint density at radius 3 is 2.56 bits per heavy atom. The van der Waals surface area contributed by atoms with Crippen LogP contribution in [0.4, 0.5) is 0 Å². The van der Waals surface area contributed by atoms with E-state index in [-0.39, 0.29) is 16.8 Å². The first-order valence-corrected chi connectivity index (χ1v) is 11.6. The second kappa shape index (κ2) is 8.57. The van der Waals surface area contributed by atoms with Crippen molar-refractivity contribution in [2.24, 2.45) is 5.92 Å². The molecule has 0 radical (unpaired) electrons. The van der Waals surface area contributed by atoms with Crippen LogP contribution in [0.15, 0.2) is 41.7 Å². The van der Waals surface area contributed by atoms with Crippen LogP contribution in [0.1, 0.15) is 51.3 Å². The van der Waals surface area contributed by atoms with E-state index >= 15 is 0 Å². The molecule has 0 spiro atoms. The highest BCUT2D eigenvalue weighted by atomic mass is 32.2. The van der Waals surface area contributed by atoms with E-state index in [4.69, 9.17) is 0 Å². The maximum Gasteiger partial charge on any atom is 0.228 e. The Bertz CT molecular complexity index is 844. The van der Waals surface area contributed by atoms with Crippen molar-refractivity contribution in [2.45, 2.75) is 64.3 Å². The Balaban J connectivity index is 1.95. The smallest absolute Gasteiger partial charge is 0.228 e. The van der Waals surface area contributed by atoms with Crippen molar-refractivity contribution in [3.05, 3.63) is 47.8 Å². The molecule has 27 heavy (non-hydrogen) atoms. The zero-order valence-electron chi connectivity index (χ0n) is 16.6. The maximum absolute atomic E-state index is 12.9. The highest BCUT2D eigenvalue weighted by Crippen LogP contribution is 2.23. The minimum atomic E-state index is -3.41. The zero-order valence-corrected chi connectivity index (χ0v) is 17.5. The molecule has 1 fully saturated rings. The minimum Gasteiger partial charge on any atom is -0.313 e. The Hall–Kier alpha value is -1.66. The van der Waals surface area contributed by atoms with E-state index in [0.29, 0.717) is 12.6 Å². The first-order chi connectivity index (χ1) is 12.9. The predicted molar refractivity (Wildman–Crippen MR) is 108 cm³/mol. The van der Waals surface area contributed by atoms with Crippen LogP contribution in [0.5, 0.6) is 0 Å². The summed E-state index contributed by atoms with van der Waals surface area (Å²) in [7, 11) is -3.41. The number of piperidine rings is 1. The molecule has 1 aromatic heterocycles. The number of aromatic nitrogens is 2. The van der Waals surface area contributed by atoms with Crippen molar-refractivity contribution in [1.82, 2.24) is 14.5 Å². The molecule has 1 saturated heterocycles. The SMILES string of the molecule is CC(C)CS(=O)(=O)c1ncc(CN2CCCC[C@H]2C)n1Cc1ccccc1. The Kier molecular flexibility index (Phi) is 6.37. The van der Waals surface area contributed by atoms with E-state index < -0.39 is 9.84 Å². The summed E-state index contributed by atoms with van der Waals surface area (Å²) in [5.41, 5.74) is 2.07. The van der Waals surface area contributed by atoms with Gasteiger partial charge in [-0.1, -0.05) is 50.6 Å². The fraction of sp³-hybridized carbons (Fsp3) is 0.571. The molecule has 2 heterocycles. The molecule has 148 valence electrons. The van der Waals surface area contributed by atoms with E-state index in [2.05, 4.69) is 16.8 Å². The Morgan fingerprint density at radius 2 is 1.89 bits per heavy atom. The molecular weight excluding hydrogens is 358 g/mol. The highest BCUT2D eigenvalue weighted by molar-refractivity contribution is 7.91. The lowest BCUT2D eigenvalue weighted by Crippen LogP contribution is -2.37. The molecule has 1 atom stereocenters. The molecule has 0 N–H and O–H groups in total. The summed E-state index contributed by atoms with van der Waals surface area (Å²) in [4.78, 5) is 6.82. The molecule has 2 aromatic rings. The van der Waals surface area contributed by atoms with Gasteiger partial charge in [0.2, 0.25) is 15.0 Å². The predicted octanol–water partition coefficient (Wildman–Crippen LogP) is 3.74. The van der Waals surface area contributed by atoms with E-state index in [0.717, 1.165) is 24.3 Å². The van der Waals surface area contributed by atoms with Crippen molar-refractivity contribution in [3.8, 4) is 0 Å². The van der Waals surface area contributed by atoms with E-state index in [1.54, 1.807) is 6.20 Å². The third-order valence-electron chi connectivity index (χ3n) is 5.22. The molecule has 0 saturated carbocycles. The summed E-state index contributed by atoms with van der Waals surface area (Å²) < 4.78 is 27.8. The molecule has 0 unspecified atom stereocenters. The van der Waals surface area contributed by atoms with Gasteiger partial charge in [0, 0.05) is 12.6 Å². The van der Waals surface area contributed by atoms with Gasteiger partial charge in [0.1, 0.15) is 0 Å². The molecule has 0 amide bonds. The standard InChI is InChI=1S/C21H31N3O2S/c1-17(2)16-27(25,26)21-22-13-20(15-23-12-8-7-9-18(23)3)24(21)14-19-10-5-4-6-11-19/h4-6,10-11,13,17-18H,7-9,12,14-16H2,1-3H3/t18-/m1/s1. The van der Waals surface area contributed by atoms with Crippen molar-refractivity contribution in [3.63, 3.8) is 0 Å².